The largest absolute Gasteiger partial charge is 0.399 e. The van der Waals surface area contributed by atoms with Crippen molar-refractivity contribution in [1.29, 1.82) is 0 Å². The summed E-state index contributed by atoms with van der Waals surface area (Å²) in [5.74, 6) is 0. The Morgan fingerprint density at radius 3 is 2.55 bits per heavy atom. The van der Waals surface area contributed by atoms with Crippen LogP contribution in [0.15, 0.2) is 47.6 Å². The molecule has 0 heterocycles. The van der Waals surface area contributed by atoms with Gasteiger partial charge in [0.1, 0.15) is 0 Å². The van der Waals surface area contributed by atoms with Crippen molar-refractivity contribution < 1.29 is 0 Å². The number of hydrogen-bond acceptors (Lipinski definition) is 3. The summed E-state index contributed by atoms with van der Waals surface area (Å²) in [6, 6.07) is 13.1. The Bertz CT molecular complexity index is 711. The molecule has 0 saturated carbocycles. The van der Waals surface area contributed by atoms with Crippen molar-refractivity contribution in [2.45, 2.75) is 13.8 Å². The SMILES string of the molecule is C/C(=N/NC(=S)Nc1cccc(Cl)c1C)c1ccc(N)cc1. The lowest BCUT2D eigenvalue weighted by Gasteiger charge is -2.11. The number of anilines is 2. The van der Waals surface area contributed by atoms with Gasteiger partial charge in [0, 0.05) is 16.4 Å². The van der Waals surface area contributed by atoms with Gasteiger partial charge in [0.2, 0.25) is 0 Å². The van der Waals surface area contributed by atoms with Gasteiger partial charge >= 0.3 is 0 Å². The van der Waals surface area contributed by atoms with Gasteiger partial charge in [-0.1, -0.05) is 29.8 Å². The van der Waals surface area contributed by atoms with Gasteiger partial charge < -0.3 is 11.1 Å². The number of halogens is 1. The maximum Gasteiger partial charge on any atom is 0.191 e. The lowest BCUT2D eigenvalue weighted by atomic mass is 10.1. The van der Waals surface area contributed by atoms with Crippen molar-refractivity contribution in [2.75, 3.05) is 11.1 Å². The van der Waals surface area contributed by atoms with E-state index in [1.807, 2.05) is 56.3 Å². The second kappa shape index (κ2) is 7.24. The number of hydrazone groups is 1. The van der Waals surface area contributed by atoms with Gasteiger partial charge in [0.25, 0.3) is 0 Å². The minimum absolute atomic E-state index is 0.403. The normalized spacial score (nSPS) is 11.1. The molecule has 0 radical (unpaired) electrons. The fourth-order valence-corrected chi connectivity index (χ4v) is 2.15. The van der Waals surface area contributed by atoms with Crippen LogP contribution >= 0.6 is 23.8 Å². The van der Waals surface area contributed by atoms with Gasteiger partial charge in [-0.3, -0.25) is 5.43 Å². The monoisotopic (exact) mass is 332 g/mol. The molecule has 0 fully saturated rings. The Kier molecular flexibility index (Phi) is 5.35. The summed E-state index contributed by atoms with van der Waals surface area (Å²) >= 11 is 11.3. The number of rotatable bonds is 3. The molecule has 0 aliphatic carbocycles. The molecule has 0 saturated heterocycles. The lowest BCUT2D eigenvalue weighted by Crippen LogP contribution is -2.25. The first-order valence-electron chi connectivity index (χ1n) is 6.69. The van der Waals surface area contributed by atoms with E-state index in [2.05, 4.69) is 15.8 Å². The third kappa shape index (κ3) is 4.19. The highest BCUT2D eigenvalue weighted by Gasteiger charge is 2.04. The Hall–Kier alpha value is -2.11. The molecule has 114 valence electrons. The quantitative estimate of drug-likeness (QED) is 0.345. The van der Waals surface area contributed by atoms with Crippen molar-refractivity contribution in [2.24, 2.45) is 5.10 Å². The minimum Gasteiger partial charge on any atom is -0.399 e. The highest BCUT2D eigenvalue weighted by molar-refractivity contribution is 7.80. The highest BCUT2D eigenvalue weighted by atomic mass is 35.5. The van der Waals surface area contributed by atoms with Crippen LogP contribution in [0.5, 0.6) is 0 Å². The van der Waals surface area contributed by atoms with Crippen LogP contribution in [-0.2, 0) is 0 Å². The average Bonchev–Trinajstić information content (AvgIpc) is 2.50. The third-order valence-corrected chi connectivity index (χ3v) is 3.77. The molecule has 0 aliphatic heterocycles. The molecule has 0 atom stereocenters. The summed E-state index contributed by atoms with van der Waals surface area (Å²) in [6.07, 6.45) is 0. The van der Waals surface area contributed by atoms with Crippen LogP contribution in [0.2, 0.25) is 5.02 Å². The fourth-order valence-electron chi connectivity index (χ4n) is 1.82. The molecule has 6 heteroatoms. The lowest BCUT2D eigenvalue weighted by molar-refractivity contribution is 1.04. The molecule has 0 amide bonds. The highest BCUT2D eigenvalue weighted by Crippen LogP contribution is 2.22. The first-order chi connectivity index (χ1) is 10.5. The molecule has 2 aromatic rings. The van der Waals surface area contributed by atoms with Crippen molar-refractivity contribution in [3.8, 4) is 0 Å². The van der Waals surface area contributed by atoms with E-state index < -0.39 is 0 Å². The molecule has 0 aliphatic rings. The van der Waals surface area contributed by atoms with E-state index in [0.29, 0.717) is 10.1 Å². The number of nitrogens with one attached hydrogen (secondary N) is 2. The molecule has 0 unspecified atom stereocenters. The van der Waals surface area contributed by atoms with E-state index in [9.17, 15) is 0 Å². The van der Waals surface area contributed by atoms with E-state index in [1.165, 1.54) is 0 Å². The third-order valence-electron chi connectivity index (χ3n) is 3.17. The maximum absolute atomic E-state index is 6.08. The van der Waals surface area contributed by atoms with Crippen molar-refractivity contribution >= 4 is 46.0 Å². The van der Waals surface area contributed by atoms with E-state index in [1.54, 1.807) is 0 Å². The van der Waals surface area contributed by atoms with E-state index >= 15 is 0 Å². The van der Waals surface area contributed by atoms with Crippen molar-refractivity contribution in [3.63, 3.8) is 0 Å². The zero-order valence-electron chi connectivity index (χ0n) is 12.4. The molecule has 0 spiro atoms. The number of hydrogen-bond donors (Lipinski definition) is 3. The smallest absolute Gasteiger partial charge is 0.191 e. The minimum atomic E-state index is 0.403. The predicted molar refractivity (Wildman–Crippen MR) is 98.6 cm³/mol. The van der Waals surface area contributed by atoms with Crippen LogP contribution in [0, 0.1) is 6.92 Å². The first kappa shape index (κ1) is 16.3. The number of nitrogens with two attached hydrogens (primary N) is 1. The van der Waals surface area contributed by atoms with Crippen LogP contribution < -0.4 is 16.5 Å². The Morgan fingerprint density at radius 2 is 1.86 bits per heavy atom. The zero-order chi connectivity index (χ0) is 16.1. The Morgan fingerprint density at radius 1 is 1.18 bits per heavy atom. The number of nitrogens with zero attached hydrogens (tertiary/aromatic N) is 1. The molecular weight excluding hydrogens is 316 g/mol. The Labute approximate surface area is 140 Å². The van der Waals surface area contributed by atoms with E-state index in [0.717, 1.165) is 28.2 Å². The summed E-state index contributed by atoms with van der Waals surface area (Å²) in [4.78, 5) is 0. The molecule has 2 rings (SSSR count). The van der Waals surface area contributed by atoms with Gasteiger partial charge in [-0.05, 0) is 61.5 Å². The van der Waals surface area contributed by atoms with Crippen LogP contribution in [0.25, 0.3) is 0 Å². The van der Waals surface area contributed by atoms with E-state index in [-0.39, 0.29) is 0 Å². The molecule has 4 N–H and O–H groups in total. The molecule has 0 aromatic heterocycles. The second-order valence-corrected chi connectivity index (χ2v) is 5.61. The Balaban J connectivity index is 2.01. The number of thiocarbonyl (C=S) groups is 1. The van der Waals surface area contributed by atoms with Crippen molar-refractivity contribution in [3.05, 3.63) is 58.6 Å². The molecule has 4 nitrogen and oxygen atoms in total. The number of nitrogen functional groups attached to an aromatic ring is 1. The van der Waals surface area contributed by atoms with Crippen molar-refractivity contribution in [1.82, 2.24) is 5.43 Å². The number of benzene rings is 2. The molecular formula is C16H17ClN4S. The summed E-state index contributed by atoms with van der Waals surface area (Å²) in [5, 5.41) is 8.43. The zero-order valence-corrected chi connectivity index (χ0v) is 13.9. The maximum atomic E-state index is 6.08. The van der Waals surface area contributed by atoms with Crippen LogP contribution in [0.4, 0.5) is 11.4 Å². The standard InChI is InChI=1S/C16H17ClN4S/c1-10-14(17)4-3-5-15(10)19-16(22)21-20-11(2)12-6-8-13(18)9-7-12/h3-9H,18H2,1-2H3,(H2,19,21,22)/b20-11-. The second-order valence-electron chi connectivity index (χ2n) is 4.80. The summed E-state index contributed by atoms with van der Waals surface area (Å²) < 4.78 is 0. The van der Waals surface area contributed by atoms with Gasteiger partial charge in [0.05, 0.1) is 5.71 Å². The molecule has 2 aromatic carbocycles. The fraction of sp³-hybridized carbons (Fsp3) is 0.125. The van der Waals surface area contributed by atoms with Crippen LogP contribution in [0.3, 0.4) is 0 Å². The average molecular weight is 333 g/mol. The summed E-state index contributed by atoms with van der Waals surface area (Å²) in [6.45, 7) is 3.82. The summed E-state index contributed by atoms with van der Waals surface area (Å²) in [7, 11) is 0. The van der Waals surface area contributed by atoms with Gasteiger partial charge in [-0.2, -0.15) is 5.10 Å². The molecule has 22 heavy (non-hydrogen) atoms. The van der Waals surface area contributed by atoms with Crippen LogP contribution in [-0.4, -0.2) is 10.8 Å². The van der Waals surface area contributed by atoms with Gasteiger partial charge in [-0.25, -0.2) is 0 Å². The first-order valence-corrected chi connectivity index (χ1v) is 7.48. The summed E-state index contributed by atoms with van der Waals surface area (Å²) in [5.41, 5.74) is 12.8. The predicted octanol–water partition coefficient (Wildman–Crippen LogP) is 3.94. The van der Waals surface area contributed by atoms with Gasteiger partial charge in [0.15, 0.2) is 5.11 Å². The molecule has 0 bridgehead atoms. The van der Waals surface area contributed by atoms with E-state index in [4.69, 9.17) is 29.6 Å². The van der Waals surface area contributed by atoms with Crippen LogP contribution in [0.1, 0.15) is 18.1 Å². The van der Waals surface area contributed by atoms with Gasteiger partial charge in [-0.15, -0.1) is 0 Å². The topological polar surface area (TPSA) is 62.4 Å².